The van der Waals surface area contributed by atoms with Gasteiger partial charge in [-0.05, 0) is 52.2 Å². The summed E-state index contributed by atoms with van der Waals surface area (Å²) in [7, 11) is -4.26. The van der Waals surface area contributed by atoms with E-state index in [-0.39, 0.29) is 16.4 Å². The number of hydroxylamine groups is 1. The molecule has 0 saturated heterocycles. The molecule has 29 heavy (non-hydrogen) atoms. The van der Waals surface area contributed by atoms with E-state index in [9.17, 15) is 22.0 Å². The molecule has 0 saturated carbocycles. The highest BCUT2D eigenvalue weighted by Crippen LogP contribution is 2.24. The average Bonchev–Trinajstić information content (AvgIpc) is 3.13. The summed E-state index contributed by atoms with van der Waals surface area (Å²) in [4.78, 5) is 0.0925. The van der Waals surface area contributed by atoms with Crippen molar-refractivity contribution < 1.29 is 22.0 Å². The van der Waals surface area contributed by atoms with Crippen LogP contribution in [0.2, 0.25) is 0 Å². The van der Waals surface area contributed by atoms with E-state index < -0.39 is 25.9 Å². The van der Waals surface area contributed by atoms with E-state index >= 15 is 0 Å². The van der Waals surface area contributed by atoms with Gasteiger partial charge in [-0.15, -0.1) is 11.3 Å². The third kappa shape index (κ3) is 5.03. The van der Waals surface area contributed by atoms with Gasteiger partial charge in [-0.2, -0.15) is 5.48 Å². The molecule has 1 heterocycles. The highest BCUT2D eigenvalue weighted by Gasteiger charge is 2.23. The number of sulfonamides is 1. The van der Waals surface area contributed by atoms with Gasteiger partial charge in [-0.1, -0.05) is 18.2 Å². The molecule has 2 N–H and O–H groups in total. The predicted molar refractivity (Wildman–Crippen MR) is 114 cm³/mol. The van der Waals surface area contributed by atoms with Crippen molar-refractivity contribution in [3.05, 3.63) is 65.0 Å². The van der Waals surface area contributed by atoms with Gasteiger partial charge >= 0.3 is 0 Å². The van der Waals surface area contributed by atoms with Gasteiger partial charge in [-0.25, -0.2) is 21.1 Å². The third-order valence-electron chi connectivity index (χ3n) is 4.54. The number of nitrogens with one attached hydrogen (secondary N) is 1. The first-order valence-electron chi connectivity index (χ1n) is 8.71. The first-order chi connectivity index (χ1) is 13.6. The standard InChI is InChI=1S/C19H22N2O5S3/c1-21(2)29(25,26)17-6-4-15(5-7-17)18(20-22)13-28(23,24)12-14-3-8-19-16(11-14)9-10-27-19/h3-11,18,20,22H,12-13H2,1-2H3. The van der Waals surface area contributed by atoms with Crippen LogP contribution in [0.3, 0.4) is 0 Å². The average molecular weight is 455 g/mol. The lowest BCUT2D eigenvalue weighted by Gasteiger charge is -2.17. The maximum absolute atomic E-state index is 12.7. The van der Waals surface area contributed by atoms with Crippen molar-refractivity contribution in [1.29, 1.82) is 0 Å². The van der Waals surface area contributed by atoms with Gasteiger partial charge in [0.1, 0.15) is 0 Å². The fourth-order valence-corrected chi connectivity index (χ4v) is 6.22. The van der Waals surface area contributed by atoms with E-state index in [1.165, 1.54) is 38.4 Å². The van der Waals surface area contributed by atoms with Gasteiger partial charge < -0.3 is 5.21 Å². The molecule has 0 bridgehead atoms. The van der Waals surface area contributed by atoms with Crippen molar-refractivity contribution >= 4 is 41.3 Å². The zero-order chi connectivity index (χ0) is 21.2. The van der Waals surface area contributed by atoms with Crippen LogP contribution in [0.1, 0.15) is 17.2 Å². The number of hydrogen-bond acceptors (Lipinski definition) is 7. The topological polar surface area (TPSA) is 104 Å². The molecule has 1 aromatic heterocycles. The van der Waals surface area contributed by atoms with Crippen molar-refractivity contribution in [2.45, 2.75) is 16.7 Å². The number of hydrogen-bond donors (Lipinski definition) is 2. The molecule has 2 aromatic carbocycles. The second-order valence-electron chi connectivity index (χ2n) is 6.89. The van der Waals surface area contributed by atoms with Crippen LogP contribution in [0.4, 0.5) is 0 Å². The monoisotopic (exact) mass is 454 g/mol. The molecule has 0 aliphatic carbocycles. The number of nitrogens with zero attached hydrogens (tertiary/aromatic N) is 1. The normalized spacial score (nSPS) is 13.8. The molecule has 0 fully saturated rings. The van der Waals surface area contributed by atoms with Crippen LogP contribution in [0.25, 0.3) is 10.1 Å². The van der Waals surface area contributed by atoms with E-state index in [0.717, 1.165) is 14.4 Å². The molecule has 1 atom stereocenters. The lowest BCUT2D eigenvalue weighted by molar-refractivity contribution is 0.134. The lowest BCUT2D eigenvalue weighted by Crippen LogP contribution is -2.27. The van der Waals surface area contributed by atoms with Crippen LogP contribution in [0.5, 0.6) is 0 Å². The third-order valence-corrected chi connectivity index (χ3v) is 8.88. The Morgan fingerprint density at radius 3 is 2.34 bits per heavy atom. The Labute approximate surface area is 174 Å². The summed E-state index contributed by atoms with van der Waals surface area (Å²) in [6.07, 6.45) is 0. The first-order valence-corrected chi connectivity index (χ1v) is 12.9. The van der Waals surface area contributed by atoms with Crippen LogP contribution < -0.4 is 5.48 Å². The van der Waals surface area contributed by atoms with Crippen molar-refractivity contribution in [1.82, 2.24) is 9.79 Å². The minimum absolute atomic E-state index is 0.0925. The summed E-state index contributed by atoms with van der Waals surface area (Å²) in [5.41, 5.74) is 3.18. The molecule has 1 unspecified atom stereocenters. The van der Waals surface area contributed by atoms with E-state index in [2.05, 4.69) is 0 Å². The zero-order valence-corrected chi connectivity index (χ0v) is 18.4. The van der Waals surface area contributed by atoms with Gasteiger partial charge in [0.25, 0.3) is 0 Å². The molecule has 0 amide bonds. The van der Waals surface area contributed by atoms with E-state index in [0.29, 0.717) is 11.1 Å². The van der Waals surface area contributed by atoms with E-state index in [1.807, 2.05) is 29.1 Å². The molecule has 10 heteroatoms. The van der Waals surface area contributed by atoms with Crippen LogP contribution in [0, 0.1) is 0 Å². The molecular weight excluding hydrogens is 432 g/mol. The van der Waals surface area contributed by atoms with Crippen LogP contribution in [-0.4, -0.2) is 46.2 Å². The molecule has 0 aliphatic rings. The largest absolute Gasteiger partial charge is 0.316 e. The fraction of sp³-hybridized carbons (Fsp3) is 0.263. The molecule has 156 valence electrons. The highest BCUT2D eigenvalue weighted by atomic mass is 32.2. The zero-order valence-electron chi connectivity index (χ0n) is 15.9. The predicted octanol–water partition coefficient (Wildman–Crippen LogP) is 2.79. The second-order valence-corrected chi connectivity index (χ2v) is 12.1. The first kappa shape index (κ1) is 21.9. The quantitative estimate of drug-likeness (QED) is 0.507. The van der Waals surface area contributed by atoms with E-state index in [1.54, 1.807) is 17.4 Å². The van der Waals surface area contributed by atoms with Crippen molar-refractivity contribution in [3.8, 4) is 0 Å². The lowest BCUT2D eigenvalue weighted by atomic mass is 10.1. The second kappa shape index (κ2) is 8.50. The maximum atomic E-state index is 12.7. The Hall–Kier alpha value is -1.82. The van der Waals surface area contributed by atoms with Crippen LogP contribution in [0.15, 0.2) is 58.8 Å². The SMILES string of the molecule is CN(C)S(=O)(=O)c1ccc(C(CS(=O)(=O)Cc2ccc3sccc3c2)NO)cc1. The van der Waals surface area contributed by atoms with Crippen LogP contribution >= 0.6 is 11.3 Å². The minimum atomic E-state index is -3.58. The number of fused-ring (bicyclic) bond motifs is 1. The summed E-state index contributed by atoms with van der Waals surface area (Å²) in [6, 6.07) is 12.4. The van der Waals surface area contributed by atoms with Crippen LogP contribution in [-0.2, 0) is 25.6 Å². The minimum Gasteiger partial charge on any atom is -0.316 e. The summed E-state index contributed by atoms with van der Waals surface area (Å²) in [5.74, 6) is -0.477. The summed E-state index contributed by atoms with van der Waals surface area (Å²) in [5, 5.41) is 12.5. The Bertz CT molecular complexity index is 1200. The molecule has 7 nitrogen and oxygen atoms in total. The van der Waals surface area contributed by atoms with Gasteiger partial charge in [0.05, 0.1) is 22.4 Å². The molecule has 0 aliphatic heterocycles. The van der Waals surface area contributed by atoms with Gasteiger partial charge in [0.2, 0.25) is 10.0 Å². The van der Waals surface area contributed by atoms with Crippen molar-refractivity contribution in [2.75, 3.05) is 19.8 Å². The Morgan fingerprint density at radius 2 is 1.72 bits per heavy atom. The summed E-state index contributed by atoms with van der Waals surface area (Å²) in [6.45, 7) is 0. The van der Waals surface area contributed by atoms with Gasteiger partial charge in [0, 0.05) is 18.8 Å². The summed E-state index contributed by atoms with van der Waals surface area (Å²) >= 11 is 1.59. The molecule has 0 spiro atoms. The Balaban J connectivity index is 1.77. The number of rotatable bonds is 8. The fourth-order valence-electron chi connectivity index (χ4n) is 2.96. The van der Waals surface area contributed by atoms with Gasteiger partial charge in [-0.3, -0.25) is 0 Å². The smallest absolute Gasteiger partial charge is 0.242 e. The number of thiophene rings is 1. The van der Waals surface area contributed by atoms with Gasteiger partial charge in [0.15, 0.2) is 9.84 Å². The molecule has 3 aromatic rings. The molecule has 0 radical (unpaired) electrons. The van der Waals surface area contributed by atoms with E-state index in [4.69, 9.17) is 0 Å². The Morgan fingerprint density at radius 1 is 1.03 bits per heavy atom. The Kier molecular flexibility index (Phi) is 6.42. The molecule has 3 rings (SSSR count). The summed E-state index contributed by atoms with van der Waals surface area (Å²) < 4.78 is 51.9. The maximum Gasteiger partial charge on any atom is 0.242 e. The number of benzene rings is 2. The van der Waals surface area contributed by atoms with Crippen molar-refractivity contribution in [2.24, 2.45) is 0 Å². The molecular formula is C19H22N2O5S3. The van der Waals surface area contributed by atoms with Crippen molar-refractivity contribution in [3.63, 3.8) is 0 Å². The number of sulfone groups is 1. The highest BCUT2D eigenvalue weighted by molar-refractivity contribution is 7.90.